The van der Waals surface area contributed by atoms with E-state index in [1.54, 1.807) is 24.3 Å². The Kier molecular flexibility index (Phi) is 8.45. The molecule has 180 valence electrons. The van der Waals surface area contributed by atoms with Gasteiger partial charge in [0.2, 0.25) is 0 Å². The molecule has 4 aromatic rings. The number of furan rings is 1. The van der Waals surface area contributed by atoms with Crippen LogP contribution >= 0.6 is 54.5 Å². The molecule has 4 rings (SSSR count). The Labute approximate surface area is 231 Å². The highest BCUT2D eigenvalue weighted by Gasteiger charge is 2.15. The molecule has 35 heavy (non-hydrogen) atoms. The normalized spacial score (nSPS) is 11.2. The third-order valence-electron chi connectivity index (χ3n) is 4.74. The fourth-order valence-electron chi connectivity index (χ4n) is 3.26. The molecule has 0 aliphatic heterocycles. The second kappa shape index (κ2) is 11.5. The summed E-state index contributed by atoms with van der Waals surface area (Å²) in [5.74, 6) is 0.424. The van der Waals surface area contributed by atoms with E-state index in [2.05, 4.69) is 65.0 Å². The minimum absolute atomic E-state index is 0.140. The molecule has 0 atom stereocenters. The van der Waals surface area contributed by atoms with Gasteiger partial charge >= 0.3 is 5.91 Å². The molecule has 1 aromatic heterocycles. The highest BCUT2D eigenvalue weighted by Crippen LogP contribution is 2.35. The number of halogens is 4. The van der Waals surface area contributed by atoms with Crippen LogP contribution in [0, 0.1) is 9.39 Å². The molecule has 1 N–H and O–H groups in total. The first-order chi connectivity index (χ1) is 16.8. The van der Waals surface area contributed by atoms with Gasteiger partial charge in [0.15, 0.2) is 17.3 Å². The molecular weight excluding hydrogens is 698 g/mol. The van der Waals surface area contributed by atoms with Crippen molar-refractivity contribution in [1.82, 2.24) is 5.43 Å². The molecule has 1 heterocycles. The lowest BCUT2D eigenvalue weighted by Crippen LogP contribution is -2.16. The molecule has 0 unspecified atom stereocenters. The van der Waals surface area contributed by atoms with Crippen LogP contribution < -0.4 is 14.9 Å². The van der Waals surface area contributed by atoms with Crippen LogP contribution in [0.25, 0.3) is 11.0 Å². The van der Waals surface area contributed by atoms with Crippen LogP contribution in [-0.4, -0.2) is 18.7 Å². The number of hydrogen-bond acceptors (Lipinski definition) is 5. The van der Waals surface area contributed by atoms with Gasteiger partial charge in [-0.2, -0.15) is 5.10 Å². The predicted octanol–water partition coefficient (Wildman–Crippen LogP) is 7.44. The summed E-state index contributed by atoms with van der Waals surface area (Å²) in [5, 5.41) is 4.84. The number of ether oxygens (including phenoxy) is 2. The molecule has 0 bridgehead atoms. The standard InChI is InChI=1S/C25H18Br2FIN2O4/c1-2-33-21-8-15(7-20(29)24(21)34-13-14-4-3-5-18(28)6-14)12-30-31-25(32)22-10-16-9-17(26)11-19(27)23(16)35-22/h3-12H,2,13H2,1H3,(H,31,32)/b30-12-. The zero-order chi connectivity index (χ0) is 24.9. The van der Waals surface area contributed by atoms with Crippen molar-refractivity contribution < 1.29 is 23.1 Å². The smallest absolute Gasteiger partial charge is 0.307 e. The van der Waals surface area contributed by atoms with Gasteiger partial charge in [-0.3, -0.25) is 4.79 Å². The van der Waals surface area contributed by atoms with E-state index >= 15 is 0 Å². The number of amides is 1. The molecule has 10 heteroatoms. The van der Waals surface area contributed by atoms with Crippen LogP contribution in [0.1, 0.15) is 28.6 Å². The molecule has 0 spiro atoms. The maximum Gasteiger partial charge on any atom is 0.307 e. The summed E-state index contributed by atoms with van der Waals surface area (Å²) in [6.45, 7) is 2.50. The van der Waals surface area contributed by atoms with Crippen LogP contribution in [0.2, 0.25) is 0 Å². The average Bonchev–Trinajstić information content (AvgIpc) is 3.23. The van der Waals surface area contributed by atoms with Gasteiger partial charge in [-0.15, -0.1) is 0 Å². The summed E-state index contributed by atoms with van der Waals surface area (Å²) in [4.78, 5) is 12.5. The second-order valence-corrected chi connectivity index (χ2v) is 10.2. The van der Waals surface area contributed by atoms with Crippen LogP contribution in [0.4, 0.5) is 4.39 Å². The zero-order valence-corrected chi connectivity index (χ0v) is 23.6. The van der Waals surface area contributed by atoms with Gasteiger partial charge in [-0.25, -0.2) is 9.82 Å². The lowest BCUT2D eigenvalue weighted by molar-refractivity contribution is 0.0929. The van der Waals surface area contributed by atoms with Crippen molar-refractivity contribution in [1.29, 1.82) is 0 Å². The SMILES string of the molecule is CCOc1cc(/C=N\NC(=O)c2cc3cc(Br)cc(Br)c3o2)cc(I)c1OCc1cccc(F)c1. The number of benzene rings is 3. The number of carbonyl (C=O) groups is 1. The Balaban J connectivity index is 1.48. The summed E-state index contributed by atoms with van der Waals surface area (Å²) in [6.07, 6.45) is 1.51. The molecule has 0 saturated heterocycles. The van der Waals surface area contributed by atoms with E-state index in [9.17, 15) is 9.18 Å². The van der Waals surface area contributed by atoms with E-state index in [4.69, 9.17) is 13.9 Å². The quantitative estimate of drug-likeness (QED) is 0.117. The first-order valence-electron chi connectivity index (χ1n) is 10.4. The number of hydrogen-bond donors (Lipinski definition) is 1. The minimum atomic E-state index is -0.477. The molecule has 1 amide bonds. The highest BCUT2D eigenvalue weighted by atomic mass is 127. The van der Waals surface area contributed by atoms with Crippen LogP contribution in [0.15, 0.2) is 73.1 Å². The predicted molar refractivity (Wildman–Crippen MR) is 148 cm³/mol. The molecule has 0 saturated carbocycles. The van der Waals surface area contributed by atoms with Gasteiger partial charge in [0.25, 0.3) is 0 Å². The van der Waals surface area contributed by atoms with Crippen molar-refractivity contribution >= 4 is 77.5 Å². The van der Waals surface area contributed by atoms with E-state index in [0.717, 1.165) is 17.9 Å². The summed E-state index contributed by atoms with van der Waals surface area (Å²) in [5.41, 5.74) is 4.47. The Morgan fingerprint density at radius 3 is 2.77 bits per heavy atom. The van der Waals surface area contributed by atoms with Gasteiger partial charge in [-0.05, 0) is 99.0 Å². The van der Waals surface area contributed by atoms with Crippen LogP contribution in [-0.2, 0) is 6.61 Å². The maximum atomic E-state index is 13.5. The van der Waals surface area contributed by atoms with E-state index in [1.807, 2.05) is 25.1 Å². The van der Waals surface area contributed by atoms with E-state index < -0.39 is 5.91 Å². The molecular formula is C25H18Br2FIN2O4. The van der Waals surface area contributed by atoms with Crippen molar-refractivity contribution in [3.8, 4) is 11.5 Å². The van der Waals surface area contributed by atoms with Crippen molar-refractivity contribution in [3.05, 3.63) is 89.8 Å². The third-order valence-corrected chi connectivity index (χ3v) is 6.59. The third kappa shape index (κ3) is 6.42. The maximum absolute atomic E-state index is 13.5. The van der Waals surface area contributed by atoms with Gasteiger partial charge in [0, 0.05) is 9.86 Å². The molecule has 3 aromatic carbocycles. The van der Waals surface area contributed by atoms with Crippen molar-refractivity contribution in [2.75, 3.05) is 6.61 Å². The zero-order valence-electron chi connectivity index (χ0n) is 18.3. The average molecular weight is 716 g/mol. The first-order valence-corrected chi connectivity index (χ1v) is 13.1. The van der Waals surface area contributed by atoms with Gasteiger partial charge in [0.1, 0.15) is 18.0 Å². The van der Waals surface area contributed by atoms with Crippen molar-refractivity contribution in [3.63, 3.8) is 0 Å². The van der Waals surface area contributed by atoms with Gasteiger partial charge in [0.05, 0.1) is 20.9 Å². The topological polar surface area (TPSA) is 73.1 Å². The summed E-state index contributed by atoms with van der Waals surface area (Å²) >= 11 is 8.98. The number of rotatable bonds is 8. The Morgan fingerprint density at radius 2 is 2.00 bits per heavy atom. The van der Waals surface area contributed by atoms with Gasteiger partial charge < -0.3 is 13.9 Å². The molecule has 6 nitrogen and oxygen atoms in total. The summed E-state index contributed by atoms with van der Waals surface area (Å²) < 4.78 is 33.2. The van der Waals surface area contributed by atoms with Crippen LogP contribution in [0.5, 0.6) is 11.5 Å². The Bertz CT molecular complexity index is 1420. The van der Waals surface area contributed by atoms with Gasteiger partial charge in [-0.1, -0.05) is 28.1 Å². The molecule has 0 fully saturated rings. The molecule has 0 radical (unpaired) electrons. The lowest BCUT2D eigenvalue weighted by atomic mass is 10.2. The minimum Gasteiger partial charge on any atom is -0.490 e. The van der Waals surface area contributed by atoms with E-state index in [-0.39, 0.29) is 18.2 Å². The molecule has 0 aliphatic rings. The first kappa shape index (κ1) is 25.6. The lowest BCUT2D eigenvalue weighted by Gasteiger charge is -2.14. The Morgan fingerprint density at radius 1 is 1.17 bits per heavy atom. The van der Waals surface area contributed by atoms with Crippen molar-refractivity contribution in [2.24, 2.45) is 5.10 Å². The summed E-state index contributed by atoms with van der Waals surface area (Å²) in [7, 11) is 0. The Hall–Kier alpha value is -2.44. The van der Waals surface area contributed by atoms with Crippen LogP contribution in [0.3, 0.4) is 0 Å². The number of nitrogens with one attached hydrogen (secondary N) is 1. The highest BCUT2D eigenvalue weighted by molar-refractivity contribution is 14.1. The van der Waals surface area contributed by atoms with E-state index in [0.29, 0.717) is 34.8 Å². The summed E-state index contributed by atoms with van der Waals surface area (Å²) in [6, 6.07) is 15.2. The van der Waals surface area contributed by atoms with Crippen molar-refractivity contribution in [2.45, 2.75) is 13.5 Å². The fourth-order valence-corrected chi connectivity index (χ4v) is 5.38. The fraction of sp³-hybridized carbons (Fsp3) is 0.120. The number of hydrazone groups is 1. The second-order valence-electron chi connectivity index (χ2n) is 7.30. The number of carbonyl (C=O) groups excluding carboxylic acids is 1. The number of nitrogens with zero attached hydrogens (tertiary/aromatic N) is 1. The number of fused-ring (bicyclic) bond motifs is 1. The van der Waals surface area contributed by atoms with E-state index in [1.165, 1.54) is 18.3 Å². The monoisotopic (exact) mass is 714 g/mol. The molecule has 0 aliphatic carbocycles. The largest absolute Gasteiger partial charge is 0.490 e.